The van der Waals surface area contributed by atoms with Crippen molar-refractivity contribution in [1.29, 1.82) is 0 Å². The highest BCUT2D eigenvalue weighted by Gasteiger charge is 2.26. The fourth-order valence-electron chi connectivity index (χ4n) is 3.03. The molecule has 1 saturated heterocycles. The zero-order chi connectivity index (χ0) is 18.7. The molecule has 0 bridgehead atoms. The summed E-state index contributed by atoms with van der Waals surface area (Å²) in [4.78, 5) is 29.4. The van der Waals surface area contributed by atoms with Crippen molar-refractivity contribution in [3.8, 4) is 0 Å². The third kappa shape index (κ3) is 4.19. The Kier molecular flexibility index (Phi) is 6.16. The van der Waals surface area contributed by atoms with Crippen LogP contribution in [-0.4, -0.2) is 60.4 Å². The Morgan fingerprint density at radius 2 is 1.92 bits per heavy atom. The lowest BCUT2D eigenvalue weighted by Crippen LogP contribution is -2.51. The van der Waals surface area contributed by atoms with E-state index >= 15 is 0 Å². The van der Waals surface area contributed by atoms with Crippen LogP contribution in [0, 0.1) is 0 Å². The first kappa shape index (κ1) is 19.1. The maximum absolute atomic E-state index is 12.9. The van der Waals surface area contributed by atoms with Crippen molar-refractivity contribution in [2.75, 3.05) is 32.7 Å². The standard InChI is InChI=1S/C19H24ClN3O2S/c1-3-13(2)21-16(24)12-22-8-10-23(11-9-22)19(25)18-17(20)14-6-4-5-7-15(14)26-18/h4-7,13H,3,8-12H2,1-2H3,(H,21,24). The van der Waals surface area contributed by atoms with Gasteiger partial charge in [0.1, 0.15) is 4.88 Å². The molecule has 0 aliphatic carbocycles. The first-order valence-electron chi connectivity index (χ1n) is 8.97. The maximum Gasteiger partial charge on any atom is 0.265 e. The van der Waals surface area contributed by atoms with Crippen LogP contribution in [0.5, 0.6) is 0 Å². The fraction of sp³-hybridized carbons (Fsp3) is 0.474. The molecule has 140 valence electrons. The zero-order valence-electron chi connectivity index (χ0n) is 15.1. The molecule has 1 N–H and O–H groups in total. The summed E-state index contributed by atoms with van der Waals surface area (Å²) in [6.07, 6.45) is 0.921. The van der Waals surface area contributed by atoms with E-state index in [9.17, 15) is 9.59 Å². The molecule has 0 spiro atoms. The van der Waals surface area contributed by atoms with Crippen LogP contribution in [0.2, 0.25) is 5.02 Å². The normalized spacial score (nSPS) is 16.7. The Morgan fingerprint density at radius 3 is 2.58 bits per heavy atom. The molecule has 1 unspecified atom stereocenters. The largest absolute Gasteiger partial charge is 0.353 e. The van der Waals surface area contributed by atoms with Crippen LogP contribution in [0.15, 0.2) is 24.3 Å². The summed E-state index contributed by atoms with van der Waals surface area (Å²) in [6.45, 7) is 7.05. The molecular weight excluding hydrogens is 370 g/mol. The molecule has 1 aromatic carbocycles. The smallest absolute Gasteiger partial charge is 0.265 e. The lowest BCUT2D eigenvalue weighted by Gasteiger charge is -2.34. The summed E-state index contributed by atoms with van der Waals surface area (Å²) >= 11 is 7.88. The predicted molar refractivity (Wildman–Crippen MR) is 107 cm³/mol. The van der Waals surface area contributed by atoms with Crippen molar-refractivity contribution in [1.82, 2.24) is 15.1 Å². The molecular formula is C19H24ClN3O2S. The number of carbonyl (C=O) groups excluding carboxylic acids is 2. The zero-order valence-corrected chi connectivity index (χ0v) is 16.7. The fourth-order valence-corrected chi connectivity index (χ4v) is 4.51. The minimum atomic E-state index is -0.0140. The number of nitrogens with zero attached hydrogens (tertiary/aromatic N) is 2. The van der Waals surface area contributed by atoms with Gasteiger partial charge >= 0.3 is 0 Å². The summed E-state index contributed by atoms with van der Waals surface area (Å²) in [7, 11) is 0. The van der Waals surface area contributed by atoms with E-state index in [1.54, 1.807) is 0 Å². The van der Waals surface area contributed by atoms with Crippen LogP contribution in [0.1, 0.15) is 29.9 Å². The highest BCUT2D eigenvalue weighted by molar-refractivity contribution is 7.21. The van der Waals surface area contributed by atoms with Crippen molar-refractivity contribution >= 4 is 44.8 Å². The highest BCUT2D eigenvalue weighted by Crippen LogP contribution is 2.35. The van der Waals surface area contributed by atoms with E-state index in [0.29, 0.717) is 42.6 Å². The van der Waals surface area contributed by atoms with Crippen molar-refractivity contribution in [3.05, 3.63) is 34.2 Å². The maximum atomic E-state index is 12.9. The Balaban J connectivity index is 1.58. The number of rotatable bonds is 5. The van der Waals surface area contributed by atoms with Gasteiger partial charge in [0.25, 0.3) is 5.91 Å². The highest BCUT2D eigenvalue weighted by atomic mass is 35.5. The number of carbonyl (C=O) groups is 2. The topological polar surface area (TPSA) is 52.7 Å². The van der Waals surface area contributed by atoms with Crippen LogP contribution in [0.4, 0.5) is 0 Å². The summed E-state index contributed by atoms with van der Waals surface area (Å²) in [5.74, 6) is 0.0339. The summed E-state index contributed by atoms with van der Waals surface area (Å²) in [6, 6.07) is 8.00. The van der Waals surface area contributed by atoms with Crippen LogP contribution in [0.25, 0.3) is 10.1 Å². The molecule has 26 heavy (non-hydrogen) atoms. The minimum Gasteiger partial charge on any atom is -0.353 e. The van der Waals surface area contributed by atoms with Gasteiger partial charge in [-0.3, -0.25) is 14.5 Å². The molecule has 2 aromatic rings. The van der Waals surface area contributed by atoms with Gasteiger partial charge in [0.05, 0.1) is 11.6 Å². The number of halogens is 1. The first-order valence-corrected chi connectivity index (χ1v) is 10.2. The minimum absolute atomic E-state index is 0.0140. The van der Waals surface area contributed by atoms with Crippen molar-refractivity contribution < 1.29 is 9.59 Å². The molecule has 2 amide bonds. The van der Waals surface area contributed by atoms with E-state index in [1.165, 1.54) is 11.3 Å². The number of hydrogen-bond acceptors (Lipinski definition) is 4. The van der Waals surface area contributed by atoms with Gasteiger partial charge in [-0.2, -0.15) is 0 Å². The van der Waals surface area contributed by atoms with E-state index in [-0.39, 0.29) is 17.9 Å². The monoisotopic (exact) mass is 393 g/mol. The van der Waals surface area contributed by atoms with E-state index in [1.807, 2.05) is 36.1 Å². The van der Waals surface area contributed by atoms with E-state index in [0.717, 1.165) is 16.5 Å². The molecule has 0 saturated carbocycles. The molecule has 1 fully saturated rings. The van der Waals surface area contributed by atoms with Gasteiger partial charge in [0.15, 0.2) is 0 Å². The number of thiophene rings is 1. The lowest BCUT2D eigenvalue weighted by molar-refractivity contribution is -0.123. The van der Waals surface area contributed by atoms with Crippen LogP contribution in [-0.2, 0) is 4.79 Å². The average molecular weight is 394 g/mol. The molecule has 3 rings (SSSR count). The molecule has 7 heteroatoms. The third-order valence-corrected chi connectivity index (χ3v) is 6.44. The van der Waals surface area contributed by atoms with Crippen molar-refractivity contribution in [3.63, 3.8) is 0 Å². The van der Waals surface area contributed by atoms with Crippen LogP contribution >= 0.6 is 22.9 Å². The van der Waals surface area contributed by atoms with Gasteiger partial charge in [-0.15, -0.1) is 11.3 Å². The second-order valence-corrected chi connectivity index (χ2v) is 8.12. The van der Waals surface area contributed by atoms with Gasteiger partial charge in [-0.25, -0.2) is 0 Å². The number of nitrogens with one attached hydrogen (secondary N) is 1. The number of benzene rings is 1. The van der Waals surface area contributed by atoms with Gasteiger partial charge in [0, 0.05) is 42.3 Å². The summed E-state index contributed by atoms with van der Waals surface area (Å²) < 4.78 is 1.03. The molecule has 1 aromatic heterocycles. The molecule has 1 aliphatic heterocycles. The lowest BCUT2D eigenvalue weighted by atomic mass is 10.2. The number of fused-ring (bicyclic) bond motifs is 1. The van der Waals surface area contributed by atoms with Crippen molar-refractivity contribution in [2.24, 2.45) is 0 Å². The Hall–Kier alpha value is -1.63. The quantitative estimate of drug-likeness (QED) is 0.848. The Morgan fingerprint density at radius 1 is 1.23 bits per heavy atom. The van der Waals surface area contributed by atoms with Crippen LogP contribution < -0.4 is 5.32 Å². The number of hydrogen-bond donors (Lipinski definition) is 1. The molecule has 5 nitrogen and oxygen atoms in total. The Labute approximate surface area is 162 Å². The Bertz CT molecular complexity index is 799. The number of amides is 2. The van der Waals surface area contributed by atoms with Crippen molar-refractivity contribution in [2.45, 2.75) is 26.3 Å². The molecule has 1 atom stereocenters. The van der Waals surface area contributed by atoms with Crippen LogP contribution in [0.3, 0.4) is 0 Å². The van der Waals surface area contributed by atoms with E-state index in [4.69, 9.17) is 11.6 Å². The van der Waals surface area contributed by atoms with E-state index in [2.05, 4.69) is 17.1 Å². The van der Waals surface area contributed by atoms with Gasteiger partial charge < -0.3 is 10.2 Å². The summed E-state index contributed by atoms with van der Waals surface area (Å²) in [5.41, 5.74) is 0. The first-order chi connectivity index (χ1) is 12.5. The van der Waals surface area contributed by atoms with Gasteiger partial charge in [-0.05, 0) is 19.4 Å². The number of piperazine rings is 1. The SMILES string of the molecule is CCC(C)NC(=O)CN1CCN(C(=O)c2sc3ccccc3c2Cl)CC1. The van der Waals surface area contributed by atoms with Gasteiger partial charge in [-0.1, -0.05) is 36.7 Å². The van der Waals surface area contributed by atoms with E-state index < -0.39 is 0 Å². The molecule has 0 radical (unpaired) electrons. The molecule has 2 heterocycles. The second-order valence-electron chi connectivity index (χ2n) is 6.69. The molecule has 1 aliphatic rings. The predicted octanol–water partition coefficient (Wildman–Crippen LogP) is 3.23. The second kappa shape index (κ2) is 8.37. The third-order valence-electron chi connectivity index (χ3n) is 4.78. The summed E-state index contributed by atoms with van der Waals surface area (Å²) in [5, 5.41) is 4.46. The average Bonchev–Trinajstić information content (AvgIpc) is 2.98. The van der Waals surface area contributed by atoms with Gasteiger partial charge in [0.2, 0.25) is 5.91 Å².